The summed E-state index contributed by atoms with van der Waals surface area (Å²) in [5.41, 5.74) is 5.25. The first-order valence-electron chi connectivity index (χ1n) is 14.0. The fourth-order valence-corrected chi connectivity index (χ4v) is 4.08. The summed E-state index contributed by atoms with van der Waals surface area (Å²) in [6.07, 6.45) is -5.97. The minimum absolute atomic E-state index is 0.000202. The summed E-state index contributed by atoms with van der Waals surface area (Å²) in [6, 6.07) is -5.57. The number of carboxylic acids is 1. The number of alkyl halides is 3. The molecule has 0 aromatic rings. The van der Waals surface area contributed by atoms with E-state index in [4.69, 9.17) is 11.1 Å². The van der Waals surface area contributed by atoms with Crippen LogP contribution in [0.25, 0.3) is 0 Å². The van der Waals surface area contributed by atoms with Gasteiger partial charge in [0, 0.05) is 13.1 Å². The van der Waals surface area contributed by atoms with Crippen LogP contribution >= 0.6 is 0 Å². The number of unbranched alkanes of at least 4 members (excludes halogenated alkanes) is 1. The van der Waals surface area contributed by atoms with E-state index in [9.17, 15) is 51.8 Å². The molecular formula is C25H40F3N9O8. The van der Waals surface area contributed by atoms with Gasteiger partial charge in [-0.15, -0.1) is 0 Å². The van der Waals surface area contributed by atoms with Gasteiger partial charge in [0.1, 0.15) is 24.2 Å². The molecule has 254 valence electrons. The molecule has 45 heavy (non-hydrogen) atoms. The van der Waals surface area contributed by atoms with E-state index >= 15 is 0 Å². The largest absolute Gasteiger partial charge is 0.481 e. The Kier molecular flexibility index (Phi) is 15.5. The summed E-state index contributed by atoms with van der Waals surface area (Å²) in [6.45, 7) is 2.25. The first-order chi connectivity index (χ1) is 20.9. The van der Waals surface area contributed by atoms with Gasteiger partial charge in [0.05, 0.1) is 13.0 Å². The number of aliphatic carboxylic acids is 1. The van der Waals surface area contributed by atoms with Crippen LogP contribution in [0, 0.1) is 11.3 Å². The standard InChI is InChI=1S/C25H40F3N9O8/c1-12(2)18-22(44)36-13(7-5-9-32-24(29)30)19(41)33-11-16(38)34-15(10-17(39)40)21(43)35-14(20(42)37-18)6-3-4-8-31-23(45)25(26,27)28/h12-15,18H,3-11H2,1-2H3,(H,31,45)(H,33,41)(H,34,38)(H,35,43)(H,36,44)(H,37,42)(H,39,40)(H4,29,30,32)/t13-,14-,15-,18+/m0/s1. The van der Waals surface area contributed by atoms with Crippen LogP contribution in [0.3, 0.4) is 0 Å². The zero-order valence-corrected chi connectivity index (χ0v) is 24.8. The third-order valence-electron chi connectivity index (χ3n) is 6.41. The van der Waals surface area contributed by atoms with Crippen molar-refractivity contribution in [2.45, 2.75) is 82.7 Å². The predicted octanol–water partition coefficient (Wildman–Crippen LogP) is -2.70. The van der Waals surface area contributed by atoms with Crippen LogP contribution in [-0.4, -0.2) is 102 Å². The summed E-state index contributed by atoms with van der Waals surface area (Å²) in [7, 11) is 0. The fourth-order valence-electron chi connectivity index (χ4n) is 4.08. The Bertz CT molecular complexity index is 1120. The molecule has 0 unspecified atom stereocenters. The first-order valence-corrected chi connectivity index (χ1v) is 14.0. The van der Waals surface area contributed by atoms with Crippen molar-refractivity contribution in [3.8, 4) is 0 Å². The van der Waals surface area contributed by atoms with E-state index < -0.39 is 97.2 Å². The summed E-state index contributed by atoms with van der Waals surface area (Å²) in [5, 5.41) is 32.5. The predicted molar refractivity (Wildman–Crippen MR) is 150 cm³/mol. The molecule has 11 N–H and O–H groups in total. The molecule has 0 spiro atoms. The average Bonchev–Trinajstić information content (AvgIpc) is 2.93. The fraction of sp³-hybridized carbons (Fsp3) is 0.680. The van der Waals surface area contributed by atoms with E-state index in [1.54, 1.807) is 19.2 Å². The number of nitrogens with two attached hydrogens (primary N) is 1. The van der Waals surface area contributed by atoms with E-state index in [1.807, 2.05) is 0 Å². The monoisotopic (exact) mass is 651 g/mol. The van der Waals surface area contributed by atoms with Crippen molar-refractivity contribution >= 4 is 47.4 Å². The van der Waals surface area contributed by atoms with Gasteiger partial charge in [-0.25, -0.2) is 0 Å². The molecule has 1 rings (SSSR count). The number of nitrogens with one attached hydrogen (secondary N) is 8. The lowest BCUT2D eigenvalue weighted by Gasteiger charge is -2.27. The Morgan fingerprint density at radius 3 is 2.00 bits per heavy atom. The summed E-state index contributed by atoms with van der Waals surface area (Å²) in [5.74, 6) is -9.01. The maximum Gasteiger partial charge on any atom is 0.471 e. The minimum Gasteiger partial charge on any atom is -0.481 e. The molecule has 0 aromatic carbocycles. The van der Waals surface area contributed by atoms with Crippen LogP contribution in [0.5, 0.6) is 0 Å². The SMILES string of the molecule is CC(C)[C@H]1NC(=O)[C@H](CCCCNC(=O)C(F)(F)F)NC(=O)[C@H](CC(=O)O)NC(=O)CNC(=O)[C@H](CCCNC(=N)N)NC1=O. The number of amides is 6. The Morgan fingerprint density at radius 2 is 1.42 bits per heavy atom. The van der Waals surface area contributed by atoms with Crippen LogP contribution in [-0.2, 0) is 33.6 Å². The third-order valence-corrected chi connectivity index (χ3v) is 6.41. The number of hydrogen-bond donors (Lipinski definition) is 10. The molecule has 1 heterocycles. The number of carbonyl (C=O) groups excluding carboxylic acids is 6. The molecule has 0 saturated carbocycles. The van der Waals surface area contributed by atoms with Crippen molar-refractivity contribution in [2.75, 3.05) is 19.6 Å². The van der Waals surface area contributed by atoms with Gasteiger partial charge in [-0.05, 0) is 38.0 Å². The number of hydrogen-bond acceptors (Lipinski definition) is 8. The van der Waals surface area contributed by atoms with Gasteiger partial charge in [0.15, 0.2) is 5.96 Å². The Hall–Kier alpha value is -4.65. The third kappa shape index (κ3) is 14.6. The van der Waals surface area contributed by atoms with E-state index in [0.717, 1.165) is 0 Å². The van der Waals surface area contributed by atoms with Gasteiger partial charge < -0.3 is 48.1 Å². The molecule has 1 aliphatic heterocycles. The molecule has 1 saturated heterocycles. The van der Waals surface area contributed by atoms with Gasteiger partial charge in [-0.2, -0.15) is 13.2 Å². The van der Waals surface area contributed by atoms with Crippen molar-refractivity contribution in [2.24, 2.45) is 11.7 Å². The smallest absolute Gasteiger partial charge is 0.471 e. The highest BCUT2D eigenvalue weighted by molar-refractivity contribution is 5.98. The Labute approximate surface area is 256 Å². The van der Waals surface area contributed by atoms with Gasteiger partial charge in [0.2, 0.25) is 29.5 Å². The topological polar surface area (TPSA) is 274 Å². The number of halogens is 3. The number of guanidine groups is 1. The highest BCUT2D eigenvalue weighted by atomic mass is 19.4. The van der Waals surface area contributed by atoms with Crippen LogP contribution in [0.1, 0.15) is 52.4 Å². The number of carbonyl (C=O) groups is 7. The Morgan fingerprint density at radius 1 is 0.867 bits per heavy atom. The quantitative estimate of drug-likeness (QED) is 0.0592. The molecule has 4 atom stereocenters. The normalized spacial score (nSPS) is 22.0. The van der Waals surface area contributed by atoms with Crippen molar-refractivity contribution in [1.29, 1.82) is 5.41 Å². The Balaban J connectivity index is 3.27. The van der Waals surface area contributed by atoms with Crippen LogP contribution in [0.4, 0.5) is 13.2 Å². The summed E-state index contributed by atoms with van der Waals surface area (Å²) < 4.78 is 37.3. The molecule has 0 aromatic heterocycles. The lowest BCUT2D eigenvalue weighted by atomic mass is 10.0. The van der Waals surface area contributed by atoms with Gasteiger partial charge in [-0.1, -0.05) is 13.8 Å². The lowest BCUT2D eigenvalue weighted by molar-refractivity contribution is -0.173. The minimum atomic E-state index is -5.08. The molecule has 0 bridgehead atoms. The maximum atomic E-state index is 13.3. The molecule has 20 heteroatoms. The van der Waals surface area contributed by atoms with Crippen molar-refractivity contribution in [3.05, 3.63) is 0 Å². The lowest BCUT2D eigenvalue weighted by Crippen LogP contribution is -2.59. The van der Waals surface area contributed by atoms with Gasteiger partial charge >= 0.3 is 18.1 Å². The van der Waals surface area contributed by atoms with Crippen molar-refractivity contribution in [3.63, 3.8) is 0 Å². The molecule has 1 fully saturated rings. The highest BCUT2D eigenvalue weighted by Crippen LogP contribution is 2.14. The second kappa shape index (κ2) is 18.2. The number of carboxylic acid groups (broad SMARTS) is 1. The zero-order chi connectivity index (χ0) is 34.3. The average molecular weight is 652 g/mol. The summed E-state index contributed by atoms with van der Waals surface area (Å²) >= 11 is 0. The second-order valence-electron chi connectivity index (χ2n) is 10.5. The second-order valence-corrected chi connectivity index (χ2v) is 10.5. The first kappa shape index (κ1) is 38.4. The van der Waals surface area contributed by atoms with E-state index in [0.29, 0.717) is 0 Å². The van der Waals surface area contributed by atoms with E-state index in [-0.39, 0.29) is 44.6 Å². The zero-order valence-electron chi connectivity index (χ0n) is 24.8. The molecule has 17 nitrogen and oxygen atoms in total. The molecule has 0 aliphatic carbocycles. The van der Waals surface area contributed by atoms with Crippen molar-refractivity contribution in [1.82, 2.24) is 37.2 Å². The molecule has 6 amide bonds. The van der Waals surface area contributed by atoms with Crippen LogP contribution in [0.2, 0.25) is 0 Å². The summed E-state index contributed by atoms with van der Waals surface area (Å²) in [4.78, 5) is 87.5. The van der Waals surface area contributed by atoms with Crippen LogP contribution < -0.4 is 43.0 Å². The number of rotatable bonds is 12. The highest BCUT2D eigenvalue weighted by Gasteiger charge is 2.38. The molecule has 0 radical (unpaired) electrons. The molecule has 1 aliphatic rings. The van der Waals surface area contributed by atoms with Crippen LogP contribution in [0.15, 0.2) is 0 Å². The van der Waals surface area contributed by atoms with Gasteiger partial charge in [-0.3, -0.25) is 39.0 Å². The van der Waals surface area contributed by atoms with Crippen molar-refractivity contribution < 1.29 is 51.8 Å². The van der Waals surface area contributed by atoms with E-state index in [1.165, 1.54) is 0 Å². The molecular weight excluding hydrogens is 611 g/mol. The van der Waals surface area contributed by atoms with Gasteiger partial charge in [0.25, 0.3) is 0 Å². The van der Waals surface area contributed by atoms with E-state index in [2.05, 4.69) is 31.9 Å². The maximum absolute atomic E-state index is 13.3.